The summed E-state index contributed by atoms with van der Waals surface area (Å²) in [6.45, 7) is 6.15. The highest BCUT2D eigenvalue weighted by Gasteiger charge is 2.12. The Hall–Kier alpha value is -1.04. The maximum Gasteiger partial charge on any atom is 0.223 e. The standard InChI is InChI=1S/C9H16N2O/c1-7(2)6-8(3)9(12)11-5-4-10/h7-8H,5-6H2,1-3H3,(H,11,12). The van der Waals surface area contributed by atoms with Gasteiger partial charge in [-0.2, -0.15) is 5.26 Å². The van der Waals surface area contributed by atoms with Crippen molar-refractivity contribution in [3.05, 3.63) is 0 Å². The molecule has 0 aromatic carbocycles. The lowest BCUT2D eigenvalue weighted by molar-refractivity contribution is -0.124. The molecule has 68 valence electrons. The maximum atomic E-state index is 11.2. The van der Waals surface area contributed by atoms with Gasteiger partial charge in [-0.1, -0.05) is 20.8 Å². The summed E-state index contributed by atoms with van der Waals surface area (Å²) in [7, 11) is 0. The number of nitriles is 1. The molecule has 0 bridgehead atoms. The molecule has 0 heterocycles. The van der Waals surface area contributed by atoms with Crippen molar-refractivity contribution in [2.45, 2.75) is 27.2 Å². The highest BCUT2D eigenvalue weighted by Crippen LogP contribution is 2.10. The van der Waals surface area contributed by atoms with Crippen LogP contribution in [0.2, 0.25) is 0 Å². The maximum absolute atomic E-state index is 11.2. The Bertz CT molecular complexity index is 181. The molecule has 0 aromatic heterocycles. The smallest absolute Gasteiger partial charge is 0.223 e. The van der Waals surface area contributed by atoms with Crippen LogP contribution in [-0.2, 0) is 4.79 Å². The predicted octanol–water partition coefficient (Wildman–Crippen LogP) is 1.31. The quantitative estimate of drug-likeness (QED) is 0.643. The molecule has 0 saturated carbocycles. The topological polar surface area (TPSA) is 52.9 Å². The number of carbonyl (C=O) groups is 1. The molecule has 0 saturated heterocycles. The van der Waals surface area contributed by atoms with E-state index in [4.69, 9.17) is 5.26 Å². The third-order valence-electron chi connectivity index (χ3n) is 1.61. The molecule has 0 aliphatic carbocycles. The van der Waals surface area contributed by atoms with Crippen LogP contribution in [0, 0.1) is 23.2 Å². The van der Waals surface area contributed by atoms with Crippen molar-refractivity contribution in [2.24, 2.45) is 11.8 Å². The zero-order valence-electron chi connectivity index (χ0n) is 7.92. The van der Waals surface area contributed by atoms with E-state index in [0.29, 0.717) is 5.92 Å². The Morgan fingerprint density at radius 3 is 2.50 bits per heavy atom. The Kier molecular flexibility index (Phi) is 5.11. The van der Waals surface area contributed by atoms with Crippen LogP contribution in [0.1, 0.15) is 27.2 Å². The van der Waals surface area contributed by atoms with E-state index in [9.17, 15) is 4.79 Å². The number of amides is 1. The molecule has 0 aliphatic rings. The summed E-state index contributed by atoms with van der Waals surface area (Å²) in [6, 6.07) is 1.87. The van der Waals surface area contributed by atoms with Crippen LogP contribution in [0.25, 0.3) is 0 Å². The summed E-state index contributed by atoms with van der Waals surface area (Å²) in [4.78, 5) is 11.2. The first-order chi connectivity index (χ1) is 5.57. The van der Waals surface area contributed by atoms with Gasteiger partial charge in [-0.15, -0.1) is 0 Å². The van der Waals surface area contributed by atoms with Crippen LogP contribution < -0.4 is 5.32 Å². The molecule has 0 aliphatic heterocycles. The SMILES string of the molecule is CC(C)CC(C)C(=O)NCC#N. The Morgan fingerprint density at radius 2 is 2.08 bits per heavy atom. The van der Waals surface area contributed by atoms with Crippen molar-refractivity contribution in [1.82, 2.24) is 5.32 Å². The number of hydrogen-bond acceptors (Lipinski definition) is 2. The van der Waals surface area contributed by atoms with Crippen molar-refractivity contribution in [2.75, 3.05) is 6.54 Å². The molecule has 1 atom stereocenters. The lowest BCUT2D eigenvalue weighted by atomic mass is 9.98. The van der Waals surface area contributed by atoms with Gasteiger partial charge < -0.3 is 5.32 Å². The average molecular weight is 168 g/mol. The van der Waals surface area contributed by atoms with Gasteiger partial charge in [0.05, 0.1) is 6.07 Å². The summed E-state index contributed by atoms with van der Waals surface area (Å²) < 4.78 is 0. The Balaban J connectivity index is 3.70. The van der Waals surface area contributed by atoms with E-state index in [0.717, 1.165) is 6.42 Å². The molecule has 3 heteroatoms. The third kappa shape index (κ3) is 4.73. The Labute approximate surface area is 73.8 Å². The van der Waals surface area contributed by atoms with E-state index >= 15 is 0 Å². The van der Waals surface area contributed by atoms with Crippen molar-refractivity contribution in [3.63, 3.8) is 0 Å². The second-order valence-corrected chi connectivity index (χ2v) is 3.41. The second kappa shape index (κ2) is 5.59. The fourth-order valence-corrected chi connectivity index (χ4v) is 1.12. The first-order valence-corrected chi connectivity index (χ1v) is 4.22. The first-order valence-electron chi connectivity index (χ1n) is 4.22. The van der Waals surface area contributed by atoms with E-state index < -0.39 is 0 Å². The normalized spacial score (nSPS) is 12.2. The molecule has 0 rings (SSSR count). The van der Waals surface area contributed by atoms with Crippen LogP contribution in [0.3, 0.4) is 0 Å². The summed E-state index contributed by atoms with van der Waals surface area (Å²) in [5.41, 5.74) is 0. The van der Waals surface area contributed by atoms with Gasteiger partial charge in [0.15, 0.2) is 0 Å². The molecule has 3 nitrogen and oxygen atoms in total. The van der Waals surface area contributed by atoms with E-state index in [1.54, 1.807) is 0 Å². The molecule has 1 unspecified atom stereocenters. The van der Waals surface area contributed by atoms with E-state index in [1.807, 2.05) is 13.0 Å². The van der Waals surface area contributed by atoms with Gasteiger partial charge in [-0.25, -0.2) is 0 Å². The number of carbonyl (C=O) groups excluding carboxylic acids is 1. The van der Waals surface area contributed by atoms with Gasteiger partial charge in [-0.3, -0.25) is 4.79 Å². The van der Waals surface area contributed by atoms with Gasteiger partial charge >= 0.3 is 0 Å². The van der Waals surface area contributed by atoms with Crippen LogP contribution in [-0.4, -0.2) is 12.5 Å². The van der Waals surface area contributed by atoms with Crippen LogP contribution >= 0.6 is 0 Å². The fraction of sp³-hybridized carbons (Fsp3) is 0.778. The van der Waals surface area contributed by atoms with E-state index in [-0.39, 0.29) is 18.4 Å². The number of hydrogen-bond donors (Lipinski definition) is 1. The van der Waals surface area contributed by atoms with Crippen LogP contribution in [0.4, 0.5) is 0 Å². The monoisotopic (exact) mass is 168 g/mol. The third-order valence-corrected chi connectivity index (χ3v) is 1.61. The van der Waals surface area contributed by atoms with Crippen molar-refractivity contribution < 1.29 is 4.79 Å². The fourth-order valence-electron chi connectivity index (χ4n) is 1.12. The number of nitrogens with zero attached hydrogens (tertiary/aromatic N) is 1. The van der Waals surface area contributed by atoms with Crippen LogP contribution in [0.15, 0.2) is 0 Å². The minimum absolute atomic E-state index is 0.0124. The van der Waals surface area contributed by atoms with Gasteiger partial charge in [-0.05, 0) is 12.3 Å². The molecule has 0 aromatic rings. The van der Waals surface area contributed by atoms with Gasteiger partial charge in [0.1, 0.15) is 6.54 Å². The van der Waals surface area contributed by atoms with E-state index in [2.05, 4.69) is 19.2 Å². The molecule has 0 spiro atoms. The minimum Gasteiger partial charge on any atom is -0.343 e. The lowest BCUT2D eigenvalue weighted by Crippen LogP contribution is -2.30. The van der Waals surface area contributed by atoms with Gasteiger partial charge in [0, 0.05) is 5.92 Å². The summed E-state index contributed by atoms with van der Waals surface area (Å²) in [5.74, 6) is 0.511. The summed E-state index contributed by atoms with van der Waals surface area (Å²) in [6.07, 6.45) is 0.872. The first kappa shape index (κ1) is 11.0. The molecule has 1 amide bonds. The molecular formula is C9H16N2O. The molecule has 12 heavy (non-hydrogen) atoms. The summed E-state index contributed by atoms with van der Waals surface area (Å²) >= 11 is 0. The van der Waals surface area contributed by atoms with Gasteiger partial charge in [0.25, 0.3) is 0 Å². The zero-order valence-corrected chi connectivity index (χ0v) is 7.92. The van der Waals surface area contributed by atoms with Crippen LogP contribution in [0.5, 0.6) is 0 Å². The molecule has 1 N–H and O–H groups in total. The lowest BCUT2D eigenvalue weighted by Gasteiger charge is -2.12. The largest absolute Gasteiger partial charge is 0.343 e. The molecule has 0 radical (unpaired) electrons. The summed E-state index contributed by atoms with van der Waals surface area (Å²) in [5, 5.41) is 10.8. The number of rotatable bonds is 4. The van der Waals surface area contributed by atoms with Crippen molar-refractivity contribution in [1.29, 1.82) is 5.26 Å². The molecule has 0 fully saturated rings. The minimum atomic E-state index is -0.0229. The second-order valence-electron chi connectivity index (χ2n) is 3.41. The van der Waals surface area contributed by atoms with Crippen molar-refractivity contribution in [3.8, 4) is 6.07 Å². The average Bonchev–Trinajstić information content (AvgIpc) is 1.98. The van der Waals surface area contributed by atoms with E-state index in [1.165, 1.54) is 0 Å². The highest BCUT2D eigenvalue weighted by atomic mass is 16.1. The zero-order chi connectivity index (χ0) is 9.56. The van der Waals surface area contributed by atoms with Gasteiger partial charge in [0.2, 0.25) is 5.91 Å². The number of nitrogens with one attached hydrogen (secondary N) is 1. The van der Waals surface area contributed by atoms with Crippen molar-refractivity contribution >= 4 is 5.91 Å². The molecular weight excluding hydrogens is 152 g/mol. The predicted molar refractivity (Wildman–Crippen MR) is 47.2 cm³/mol. The Morgan fingerprint density at radius 1 is 1.50 bits per heavy atom. The highest BCUT2D eigenvalue weighted by molar-refractivity contribution is 5.78.